The fourth-order valence-corrected chi connectivity index (χ4v) is 3.92. The van der Waals surface area contributed by atoms with Gasteiger partial charge in [0.15, 0.2) is 6.61 Å². The lowest BCUT2D eigenvalue weighted by Gasteiger charge is -2.38. The second-order valence-corrected chi connectivity index (χ2v) is 10.1. The maximum absolute atomic E-state index is 12.5. The van der Waals surface area contributed by atoms with Crippen molar-refractivity contribution in [3.05, 3.63) is 48.0 Å². The molecule has 1 aliphatic heterocycles. The highest BCUT2D eigenvalue weighted by Gasteiger charge is 2.34. The highest BCUT2D eigenvalue weighted by molar-refractivity contribution is 7.92. The van der Waals surface area contributed by atoms with Crippen LogP contribution in [0.15, 0.2) is 42.5 Å². The second kappa shape index (κ2) is 8.66. The van der Waals surface area contributed by atoms with Crippen molar-refractivity contribution < 1.29 is 27.4 Å². The summed E-state index contributed by atoms with van der Waals surface area (Å²) in [5, 5.41) is 3.02. The number of rotatable bonds is 7. The van der Waals surface area contributed by atoms with Crippen molar-refractivity contribution in [2.45, 2.75) is 31.9 Å². The minimum atomic E-state index is -3.34. The van der Waals surface area contributed by atoms with E-state index >= 15 is 0 Å². The maximum atomic E-state index is 12.5. The Labute approximate surface area is 183 Å². The molecule has 1 heterocycles. The van der Waals surface area contributed by atoms with Gasteiger partial charge in [0.1, 0.15) is 22.8 Å². The van der Waals surface area contributed by atoms with Gasteiger partial charge < -0.3 is 19.5 Å². The topological polar surface area (TPSA) is 94.2 Å². The lowest BCUT2D eigenvalue weighted by molar-refractivity contribution is -0.124. The van der Waals surface area contributed by atoms with Crippen LogP contribution in [0.3, 0.4) is 0 Å². The Balaban J connectivity index is 1.63. The van der Waals surface area contributed by atoms with Crippen LogP contribution in [0, 0.1) is 0 Å². The van der Waals surface area contributed by atoms with Crippen molar-refractivity contribution >= 4 is 21.6 Å². The number of nitrogens with one attached hydrogen (secondary N) is 1. The van der Waals surface area contributed by atoms with E-state index in [9.17, 15) is 13.2 Å². The standard InChI is InChI=1S/C22H28N2O6S/c1-22(2)13-19(18-11-10-17(28-4)12-20(18)30-22)23-21(25)14-29-16-8-6-15(7-9-16)24(3)31(5,26)27/h6-12,19H,13-14H2,1-5H3,(H,23,25). The number of benzene rings is 2. The van der Waals surface area contributed by atoms with Crippen LogP contribution in [0.2, 0.25) is 0 Å². The summed E-state index contributed by atoms with van der Waals surface area (Å²) in [5.41, 5.74) is 0.956. The molecule has 31 heavy (non-hydrogen) atoms. The molecule has 8 nitrogen and oxygen atoms in total. The molecule has 168 valence electrons. The molecule has 0 aliphatic carbocycles. The summed E-state index contributed by atoms with van der Waals surface area (Å²) >= 11 is 0. The zero-order chi connectivity index (χ0) is 22.8. The molecular weight excluding hydrogens is 420 g/mol. The summed E-state index contributed by atoms with van der Waals surface area (Å²) in [6, 6.07) is 11.8. The quantitative estimate of drug-likeness (QED) is 0.700. The fraction of sp³-hybridized carbons (Fsp3) is 0.409. The summed E-state index contributed by atoms with van der Waals surface area (Å²) in [6.07, 6.45) is 1.75. The first-order chi connectivity index (χ1) is 14.5. The smallest absolute Gasteiger partial charge is 0.258 e. The third-order valence-corrected chi connectivity index (χ3v) is 6.29. The van der Waals surface area contributed by atoms with Gasteiger partial charge in [0.25, 0.3) is 5.91 Å². The zero-order valence-corrected chi connectivity index (χ0v) is 19.2. The number of ether oxygens (including phenoxy) is 3. The third-order valence-electron chi connectivity index (χ3n) is 5.08. The third kappa shape index (κ3) is 5.61. The largest absolute Gasteiger partial charge is 0.497 e. The molecule has 0 fully saturated rings. The van der Waals surface area contributed by atoms with Crippen molar-refractivity contribution in [2.75, 3.05) is 31.3 Å². The van der Waals surface area contributed by atoms with E-state index in [0.717, 1.165) is 11.8 Å². The van der Waals surface area contributed by atoms with Gasteiger partial charge in [-0.1, -0.05) is 0 Å². The summed E-state index contributed by atoms with van der Waals surface area (Å²) in [6.45, 7) is 3.78. The van der Waals surface area contributed by atoms with E-state index in [-0.39, 0.29) is 18.6 Å². The average molecular weight is 449 g/mol. The van der Waals surface area contributed by atoms with Crippen molar-refractivity contribution in [2.24, 2.45) is 0 Å². The Morgan fingerprint density at radius 2 is 1.84 bits per heavy atom. The van der Waals surface area contributed by atoms with Crippen LogP contribution >= 0.6 is 0 Å². The van der Waals surface area contributed by atoms with Gasteiger partial charge in [-0.3, -0.25) is 9.10 Å². The fourth-order valence-electron chi connectivity index (χ4n) is 3.42. The maximum Gasteiger partial charge on any atom is 0.258 e. The molecular formula is C22H28N2O6S. The zero-order valence-electron chi connectivity index (χ0n) is 18.3. The number of carbonyl (C=O) groups excluding carboxylic acids is 1. The van der Waals surface area contributed by atoms with Gasteiger partial charge in [0, 0.05) is 25.1 Å². The van der Waals surface area contributed by atoms with Crippen molar-refractivity contribution in [1.82, 2.24) is 5.32 Å². The number of sulfonamides is 1. The molecule has 1 atom stereocenters. The Hall–Kier alpha value is -2.94. The first-order valence-electron chi connectivity index (χ1n) is 9.81. The van der Waals surface area contributed by atoms with Gasteiger partial charge in [-0.25, -0.2) is 8.42 Å². The van der Waals surface area contributed by atoms with Gasteiger partial charge in [-0.15, -0.1) is 0 Å². The van der Waals surface area contributed by atoms with E-state index in [0.29, 0.717) is 29.4 Å². The minimum Gasteiger partial charge on any atom is -0.497 e. The molecule has 0 saturated carbocycles. The number of nitrogens with zero attached hydrogens (tertiary/aromatic N) is 1. The van der Waals surface area contributed by atoms with Crippen LogP contribution in [0.5, 0.6) is 17.2 Å². The highest BCUT2D eigenvalue weighted by atomic mass is 32.2. The van der Waals surface area contributed by atoms with Gasteiger partial charge in [-0.05, 0) is 50.2 Å². The van der Waals surface area contributed by atoms with E-state index in [1.807, 2.05) is 32.0 Å². The molecule has 0 bridgehead atoms. The lowest BCUT2D eigenvalue weighted by Crippen LogP contribution is -2.42. The van der Waals surface area contributed by atoms with E-state index < -0.39 is 15.6 Å². The van der Waals surface area contributed by atoms with Crippen molar-refractivity contribution in [3.63, 3.8) is 0 Å². The Bertz CT molecular complexity index is 1050. The summed E-state index contributed by atoms with van der Waals surface area (Å²) < 4.78 is 41.3. The number of hydrogen-bond donors (Lipinski definition) is 1. The highest BCUT2D eigenvalue weighted by Crippen LogP contribution is 2.41. The van der Waals surface area contributed by atoms with E-state index in [4.69, 9.17) is 14.2 Å². The van der Waals surface area contributed by atoms with E-state index in [1.165, 1.54) is 11.4 Å². The summed E-state index contributed by atoms with van der Waals surface area (Å²) in [4.78, 5) is 12.5. The van der Waals surface area contributed by atoms with Crippen LogP contribution < -0.4 is 23.8 Å². The van der Waals surface area contributed by atoms with Crippen LogP contribution in [0.25, 0.3) is 0 Å². The molecule has 2 aromatic rings. The molecule has 3 rings (SSSR count). The van der Waals surface area contributed by atoms with Crippen molar-refractivity contribution in [3.8, 4) is 17.2 Å². The van der Waals surface area contributed by atoms with Crippen molar-refractivity contribution in [1.29, 1.82) is 0 Å². The summed E-state index contributed by atoms with van der Waals surface area (Å²) in [5.74, 6) is 1.59. The van der Waals surface area contributed by atoms with Crippen LogP contribution in [-0.4, -0.2) is 46.9 Å². The van der Waals surface area contributed by atoms with Gasteiger partial charge in [0.2, 0.25) is 10.0 Å². The molecule has 0 saturated heterocycles. The average Bonchev–Trinajstić information content (AvgIpc) is 2.70. The minimum absolute atomic E-state index is 0.162. The molecule has 1 amide bonds. The number of hydrogen-bond acceptors (Lipinski definition) is 6. The first-order valence-corrected chi connectivity index (χ1v) is 11.7. The van der Waals surface area contributed by atoms with Gasteiger partial charge in [-0.2, -0.15) is 0 Å². The summed E-state index contributed by atoms with van der Waals surface area (Å²) in [7, 11) is -0.270. The number of methoxy groups -OCH3 is 1. The molecule has 9 heteroatoms. The number of anilines is 1. The van der Waals surface area contributed by atoms with E-state index in [2.05, 4.69) is 5.32 Å². The molecule has 1 N–H and O–H groups in total. The van der Waals surface area contributed by atoms with Crippen LogP contribution in [0.1, 0.15) is 31.9 Å². The molecule has 0 aromatic heterocycles. The second-order valence-electron chi connectivity index (χ2n) is 8.10. The van der Waals surface area contributed by atoms with Gasteiger partial charge >= 0.3 is 0 Å². The van der Waals surface area contributed by atoms with Crippen LogP contribution in [-0.2, 0) is 14.8 Å². The number of fused-ring (bicyclic) bond motifs is 1. The molecule has 2 aromatic carbocycles. The number of amides is 1. The number of carbonyl (C=O) groups is 1. The predicted octanol–water partition coefficient (Wildman–Crippen LogP) is 2.89. The predicted molar refractivity (Wildman–Crippen MR) is 118 cm³/mol. The van der Waals surface area contributed by atoms with Crippen LogP contribution in [0.4, 0.5) is 5.69 Å². The Morgan fingerprint density at radius 1 is 1.19 bits per heavy atom. The molecule has 1 unspecified atom stereocenters. The first kappa shape index (κ1) is 22.7. The normalized spacial score (nSPS) is 17.1. The SMILES string of the molecule is COc1ccc2c(c1)OC(C)(C)CC2NC(=O)COc1ccc(N(C)S(C)(=O)=O)cc1. The molecule has 0 radical (unpaired) electrons. The van der Waals surface area contributed by atoms with E-state index in [1.54, 1.807) is 31.4 Å². The monoisotopic (exact) mass is 448 g/mol. The Kier molecular flexibility index (Phi) is 6.35. The lowest BCUT2D eigenvalue weighted by atomic mass is 9.89. The molecule has 1 aliphatic rings. The van der Waals surface area contributed by atoms with Gasteiger partial charge in [0.05, 0.1) is 25.1 Å². The molecule has 0 spiro atoms. The Morgan fingerprint density at radius 3 is 2.45 bits per heavy atom.